The second kappa shape index (κ2) is 8.03. The molecule has 0 saturated carbocycles. The van der Waals surface area contributed by atoms with Crippen LogP contribution >= 0.6 is 0 Å². The number of unbranched alkanes of at least 4 members (excludes halogenated alkanes) is 1. The number of carbonyl (C=O) groups is 1. The van der Waals surface area contributed by atoms with Crippen molar-refractivity contribution >= 4 is 5.91 Å². The lowest BCUT2D eigenvalue weighted by molar-refractivity contribution is -0.130. The number of hydrogen-bond donors (Lipinski definition) is 1. The maximum Gasteiger partial charge on any atom is 0.224 e. The van der Waals surface area contributed by atoms with Crippen LogP contribution < -0.4 is 0 Å². The number of rotatable bonds is 6. The molecule has 0 radical (unpaired) electrons. The van der Waals surface area contributed by atoms with Crippen molar-refractivity contribution in [1.29, 1.82) is 10.5 Å². The van der Waals surface area contributed by atoms with Crippen molar-refractivity contribution < 1.29 is 9.90 Å². The molecular weight excluding hydrogens is 182 g/mol. The Morgan fingerprint density at radius 2 is 1.79 bits per heavy atom. The molecule has 0 aromatic carbocycles. The minimum Gasteiger partial charge on any atom is -0.396 e. The fraction of sp³-hybridized carbons (Fsp3) is 0.667. The van der Waals surface area contributed by atoms with Gasteiger partial charge in [-0.2, -0.15) is 10.5 Å². The first-order valence-electron chi connectivity index (χ1n) is 4.38. The van der Waals surface area contributed by atoms with Gasteiger partial charge in [0.25, 0.3) is 0 Å². The van der Waals surface area contributed by atoms with Crippen LogP contribution in [0.3, 0.4) is 0 Å². The van der Waals surface area contributed by atoms with Gasteiger partial charge in [-0.05, 0) is 12.8 Å². The molecule has 5 heteroatoms. The van der Waals surface area contributed by atoms with E-state index in [0.717, 1.165) is 0 Å². The summed E-state index contributed by atoms with van der Waals surface area (Å²) in [5.41, 5.74) is 0. The molecule has 14 heavy (non-hydrogen) atoms. The Labute approximate surface area is 83.2 Å². The Bertz CT molecular complexity index is 236. The Morgan fingerprint density at radius 1 is 1.21 bits per heavy atom. The van der Waals surface area contributed by atoms with E-state index in [4.69, 9.17) is 15.6 Å². The molecule has 0 aliphatic carbocycles. The monoisotopic (exact) mass is 195 g/mol. The van der Waals surface area contributed by atoms with Gasteiger partial charge in [-0.15, -0.1) is 0 Å². The smallest absolute Gasteiger partial charge is 0.224 e. The lowest BCUT2D eigenvalue weighted by Crippen LogP contribution is -2.31. The van der Waals surface area contributed by atoms with E-state index >= 15 is 0 Å². The molecule has 1 N–H and O–H groups in total. The lowest BCUT2D eigenvalue weighted by atomic mass is 10.2. The van der Waals surface area contributed by atoms with Gasteiger partial charge in [0.1, 0.15) is 13.1 Å². The predicted molar refractivity (Wildman–Crippen MR) is 48.7 cm³/mol. The molecule has 0 aromatic heterocycles. The topological polar surface area (TPSA) is 88.1 Å². The maximum atomic E-state index is 11.3. The second-order valence-corrected chi connectivity index (χ2v) is 2.75. The van der Waals surface area contributed by atoms with Gasteiger partial charge in [0.2, 0.25) is 5.91 Å². The van der Waals surface area contributed by atoms with Gasteiger partial charge in [0.05, 0.1) is 12.1 Å². The quantitative estimate of drug-likeness (QED) is 0.478. The van der Waals surface area contributed by atoms with E-state index in [-0.39, 0.29) is 32.0 Å². The van der Waals surface area contributed by atoms with Crippen LogP contribution in [0.4, 0.5) is 0 Å². The average molecular weight is 195 g/mol. The number of aliphatic hydroxyl groups excluding tert-OH is 1. The van der Waals surface area contributed by atoms with Crippen LogP contribution in [-0.2, 0) is 4.79 Å². The average Bonchev–Trinajstić information content (AvgIpc) is 2.18. The molecule has 0 aliphatic heterocycles. The summed E-state index contributed by atoms with van der Waals surface area (Å²) < 4.78 is 0. The summed E-state index contributed by atoms with van der Waals surface area (Å²) >= 11 is 0. The van der Waals surface area contributed by atoms with E-state index < -0.39 is 0 Å². The van der Waals surface area contributed by atoms with Gasteiger partial charge in [-0.1, -0.05) is 0 Å². The van der Waals surface area contributed by atoms with Gasteiger partial charge in [-0.25, -0.2) is 0 Å². The summed E-state index contributed by atoms with van der Waals surface area (Å²) in [5.74, 6) is -0.207. The minimum absolute atomic E-state index is 0.0501. The van der Waals surface area contributed by atoms with Gasteiger partial charge in [-0.3, -0.25) is 4.79 Å². The van der Waals surface area contributed by atoms with Crippen molar-refractivity contribution in [2.24, 2.45) is 0 Å². The Morgan fingerprint density at radius 3 is 2.21 bits per heavy atom. The van der Waals surface area contributed by atoms with Crippen molar-refractivity contribution in [2.45, 2.75) is 19.3 Å². The van der Waals surface area contributed by atoms with Gasteiger partial charge < -0.3 is 10.0 Å². The molecule has 0 aliphatic rings. The summed E-state index contributed by atoms with van der Waals surface area (Å²) in [6.45, 7) is -0.0409. The van der Waals surface area contributed by atoms with Crippen LogP contribution in [0.2, 0.25) is 0 Å². The number of nitriles is 2. The molecule has 5 nitrogen and oxygen atoms in total. The number of aliphatic hydroxyl groups is 1. The van der Waals surface area contributed by atoms with E-state index in [1.807, 2.05) is 12.1 Å². The summed E-state index contributed by atoms with van der Waals surface area (Å²) in [6.07, 6.45) is 1.44. The van der Waals surface area contributed by atoms with Crippen molar-refractivity contribution in [1.82, 2.24) is 4.90 Å². The zero-order chi connectivity index (χ0) is 10.8. The standard InChI is InChI=1S/C9H13N3O2/c10-4-6-12(7-5-11)9(14)3-1-2-8-13/h13H,1-3,6-8H2. The summed E-state index contributed by atoms with van der Waals surface area (Å²) in [7, 11) is 0. The van der Waals surface area contributed by atoms with E-state index in [0.29, 0.717) is 12.8 Å². The van der Waals surface area contributed by atoms with Crippen molar-refractivity contribution in [2.75, 3.05) is 19.7 Å². The molecule has 0 spiro atoms. The lowest BCUT2D eigenvalue weighted by Gasteiger charge is -2.15. The largest absolute Gasteiger partial charge is 0.396 e. The molecule has 0 fully saturated rings. The molecule has 1 amide bonds. The first-order chi connectivity index (χ1) is 6.76. The summed E-state index contributed by atoms with van der Waals surface area (Å²) in [6, 6.07) is 3.66. The Hall–Kier alpha value is -1.59. The number of hydrogen-bond acceptors (Lipinski definition) is 4. The van der Waals surface area contributed by atoms with Crippen LogP contribution in [0.5, 0.6) is 0 Å². The van der Waals surface area contributed by atoms with E-state index in [9.17, 15) is 4.79 Å². The fourth-order valence-electron chi connectivity index (χ4n) is 0.949. The first kappa shape index (κ1) is 12.4. The van der Waals surface area contributed by atoms with Crippen LogP contribution in [-0.4, -0.2) is 35.6 Å². The fourth-order valence-corrected chi connectivity index (χ4v) is 0.949. The first-order valence-corrected chi connectivity index (χ1v) is 4.38. The molecule has 0 rings (SSSR count). The Balaban J connectivity index is 3.91. The zero-order valence-electron chi connectivity index (χ0n) is 7.94. The highest BCUT2D eigenvalue weighted by molar-refractivity contribution is 5.76. The predicted octanol–water partition coefficient (Wildman–Crippen LogP) is 0.0248. The highest BCUT2D eigenvalue weighted by atomic mass is 16.3. The number of carbonyl (C=O) groups excluding carboxylic acids is 1. The Kier molecular flexibility index (Phi) is 7.12. The highest BCUT2D eigenvalue weighted by Crippen LogP contribution is 1.99. The number of amides is 1. The molecular formula is C9H13N3O2. The molecule has 0 saturated heterocycles. The van der Waals surface area contributed by atoms with E-state index in [2.05, 4.69) is 0 Å². The summed E-state index contributed by atoms with van der Waals surface area (Å²) in [4.78, 5) is 12.5. The minimum atomic E-state index is -0.207. The molecule has 0 unspecified atom stereocenters. The molecule has 76 valence electrons. The summed E-state index contributed by atoms with van der Waals surface area (Å²) in [5, 5.41) is 25.3. The zero-order valence-corrected chi connectivity index (χ0v) is 7.94. The molecule has 0 aromatic rings. The highest BCUT2D eigenvalue weighted by Gasteiger charge is 2.11. The van der Waals surface area contributed by atoms with Crippen LogP contribution in [0.1, 0.15) is 19.3 Å². The van der Waals surface area contributed by atoms with Gasteiger partial charge >= 0.3 is 0 Å². The molecule has 0 heterocycles. The van der Waals surface area contributed by atoms with Crippen molar-refractivity contribution in [3.8, 4) is 12.1 Å². The SMILES string of the molecule is N#CCN(CC#N)C(=O)CCCCO. The van der Waals surface area contributed by atoms with Gasteiger partial charge in [0.15, 0.2) is 0 Å². The third-order valence-corrected chi connectivity index (χ3v) is 1.67. The van der Waals surface area contributed by atoms with Crippen molar-refractivity contribution in [3.05, 3.63) is 0 Å². The number of nitrogens with zero attached hydrogens (tertiary/aromatic N) is 3. The maximum absolute atomic E-state index is 11.3. The van der Waals surface area contributed by atoms with Crippen LogP contribution in [0.15, 0.2) is 0 Å². The molecule has 0 atom stereocenters. The van der Waals surface area contributed by atoms with Crippen molar-refractivity contribution in [3.63, 3.8) is 0 Å². The second-order valence-electron chi connectivity index (χ2n) is 2.75. The van der Waals surface area contributed by atoms with Crippen LogP contribution in [0.25, 0.3) is 0 Å². The van der Waals surface area contributed by atoms with Crippen LogP contribution in [0, 0.1) is 22.7 Å². The van der Waals surface area contributed by atoms with E-state index in [1.54, 1.807) is 0 Å². The third-order valence-electron chi connectivity index (χ3n) is 1.67. The van der Waals surface area contributed by atoms with Gasteiger partial charge in [0, 0.05) is 13.0 Å². The third kappa shape index (κ3) is 5.13. The molecule has 0 bridgehead atoms. The normalized spacial score (nSPS) is 8.79. The van der Waals surface area contributed by atoms with E-state index in [1.165, 1.54) is 4.90 Å².